The van der Waals surface area contributed by atoms with Gasteiger partial charge >= 0.3 is 0 Å². The molecule has 1 heterocycles. The Hall–Kier alpha value is -0.920. The van der Waals surface area contributed by atoms with Crippen molar-refractivity contribution in [2.24, 2.45) is 4.99 Å². The van der Waals surface area contributed by atoms with Gasteiger partial charge in [0.2, 0.25) is 0 Å². The molecule has 0 radical (unpaired) electrons. The number of carbonyl (C=O) groups is 1. The van der Waals surface area contributed by atoms with E-state index in [4.69, 9.17) is 0 Å². The third-order valence-electron chi connectivity index (χ3n) is 1.54. The van der Waals surface area contributed by atoms with E-state index in [1.165, 1.54) is 0 Å². The van der Waals surface area contributed by atoms with Crippen molar-refractivity contribution < 1.29 is 4.79 Å². The quantitative estimate of drug-likeness (QED) is 0.621. The van der Waals surface area contributed by atoms with Crippen LogP contribution in [0.2, 0.25) is 0 Å². The average molecular weight is 167 g/mol. The van der Waals surface area contributed by atoms with Crippen molar-refractivity contribution >= 4 is 12.0 Å². The van der Waals surface area contributed by atoms with E-state index in [0.29, 0.717) is 18.6 Å². The van der Waals surface area contributed by atoms with E-state index in [1.54, 1.807) is 0 Å². The van der Waals surface area contributed by atoms with Crippen LogP contribution in [-0.2, 0) is 4.79 Å². The van der Waals surface area contributed by atoms with Crippen LogP contribution in [-0.4, -0.2) is 18.5 Å². The summed E-state index contributed by atoms with van der Waals surface area (Å²) in [7, 11) is 0. The van der Waals surface area contributed by atoms with E-state index < -0.39 is 0 Å². The first-order valence-corrected chi connectivity index (χ1v) is 4.47. The van der Waals surface area contributed by atoms with Crippen molar-refractivity contribution in [2.75, 3.05) is 6.54 Å². The number of nitrogens with zero attached hydrogens (tertiary/aromatic N) is 1. The number of rotatable bonds is 2. The maximum absolute atomic E-state index is 10.2. The van der Waals surface area contributed by atoms with Crippen LogP contribution in [0.25, 0.3) is 0 Å². The Bertz CT molecular complexity index is 153. The molecule has 0 aliphatic carbocycles. The molecule has 68 valence electrons. The molecule has 0 saturated heterocycles. The number of hydrogen-bond acceptors (Lipinski definition) is 2. The van der Waals surface area contributed by atoms with Gasteiger partial charge in [-0.3, -0.25) is 9.79 Å². The van der Waals surface area contributed by atoms with E-state index >= 15 is 0 Å². The van der Waals surface area contributed by atoms with Gasteiger partial charge in [0.05, 0.1) is 0 Å². The summed E-state index contributed by atoms with van der Waals surface area (Å²) in [5, 5.41) is 0. The van der Waals surface area contributed by atoms with Gasteiger partial charge in [-0.1, -0.05) is 19.9 Å². The third-order valence-corrected chi connectivity index (χ3v) is 1.54. The lowest BCUT2D eigenvalue weighted by Crippen LogP contribution is -1.88. The molecule has 2 heteroatoms. The van der Waals surface area contributed by atoms with Gasteiger partial charge in [-0.05, 0) is 12.5 Å². The number of aliphatic imine (C=N–C) groups is 1. The summed E-state index contributed by atoms with van der Waals surface area (Å²) < 4.78 is 0. The number of allylic oxidation sites excluding steroid dienone is 1. The highest BCUT2D eigenvalue weighted by Crippen LogP contribution is 1.87. The highest BCUT2D eigenvalue weighted by Gasteiger charge is 1.86. The van der Waals surface area contributed by atoms with Gasteiger partial charge in [-0.2, -0.15) is 0 Å². The average Bonchev–Trinajstić information content (AvgIpc) is 2.20. The first kappa shape index (κ1) is 11.1. The predicted molar refractivity (Wildman–Crippen MR) is 52.7 cm³/mol. The highest BCUT2D eigenvalue weighted by atomic mass is 16.1. The fraction of sp³-hybridized carbons (Fsp3) is 0.600. The van der Waals surface area contributed by atoms with Crippen molar-refractivity contribution in [1.29, 1.82) is 0 Å². The smallest absolute Gasteiger partial charge is 0.132 e. The summed E-state index contributed by atoms with van der Waals surface area (Å²) in [5.41, 5.74) is 0. The Morgan fingerprint density at radius 3 is 2.17 bits per heavy atom. The number of ketones is 1. The van der Waals surface area contributed by atoms with Crippen molar-refractivity contribution in [2.45, 2.75) is 33.1 Å². The summed E-state index contributed by atoms with van der Waals surface area (Å²) in [4.78, 5) is 14.1. The number of Topliss-reactive ketones (excluding diaryl/α,β-unsaturated/α-hetero) is 1. The van der Waals surface area contributed by atoms with Crippen molar-refractivity contribution in [3.63, 3.8) is 0 Å². The van der Waals surface area contributed by atoms with Crippen molar-refractivity contribution in [3.05, 3.63) is 12.2 Å². The number of dihydropyridines is 1. The third kappa shape index (κ3) is 7.19. The van der Waals surface area contributed by atoms with Gasteiger partial charge in [0, 0.05) is 25.6 Å². The molecule has 1 aliphatic heterocycles. The molecule has 0 bridgehead atoms. The van der Waals surface area contributed by atoms with Gasteiger partial charge in [-0.25, -0.2) is 0 Å². The summed E-state index contributed by atoms with van der Waals surface area (Å²) in [6.45, 7) is 4.74. The molecule has 0 aromatic carbocycles. The molecular weight excluding hydrogens is 150 g/mol. The zero-order valence-corrected chi connectivity index (χ0v) is 7.92. The van der Waals surface area contributed by atoms with E-state index in [0.717, 1.165) is 13.0 Å². The Balaban J connectivity index is 0.000000202. The topological polar surface area (TPSA) is 29.4 Å². The second-order valence-corrected chi connectivity index (χ2v) is 2.52. The van der Waals surface area contributed by atoms with E-state index in [9.17, 15) is 4.79 Å². The number of hydrogen-bond donors (Lipinski definition) is 0. The molecule has 0 atom stereocenters. The van der Waals surface area contributed by atoms with Crippen LogP contribution in [0.15, 0.2) is 17.1 Å². The molecule has 0 aromatic rings. The Morgan fingerprint density at radius 1 is 1.42 bits per heavy atom. The minimum absolute atomic E-state index is 0.343. The molecule has 12 heavy (non-hydrogen) atoms. The van der Waals surface area contributed by atoms with Gasteiger partial charge in [0.25, 0.3) is 0 Å². The van der Waals surface area contributed by atoms with Crippen LogP contribution in [0.5, 0.6) is 0 Å². The second-order valence-electron chi connectivity index (χ2n) is 2.52. The second kappa shape index (κ2) is 8.18. The first-order valence-electron chi connectivity index (χ1n) is 4.47. The maximum atomic E-state index is 10.2. The Kier molecular flexibility index (Phi) is 7.55. The summed E-state index contributed by atoms with van der Waals surface area (Å²) >= 11 is 0. The Morgan fingerprint density at radius 2 is 2.08 bits per heavy atom. The molecule has 0 unspecified atom stereocenters. The van der Waals surface area contributed by atoms with E-state index in [2.05, 4.69) is 11.1 Å². The lowest BCUT2D eigenvalue weighted by molar-refractivity contribution is -0.118. The van der Waals surface area contributed by atoms with Crippen LogP contribution in [0.1, 0.15) is 33.1 Å². The standard InChI is InChI=1S/C5H7N.C5H10O/c1-2-4-6-5-3-1;1-3-5(6)4-2/h1-2,4H,3,5H2;3-4H2,1-2H3. The fourth-order valence-electron chi connectivity index (χ4n) is 0.692. The van der Waals surface area contributed by atoms with Crippen molar-refractivity contribution in [1.82, 2.24) is 0 Å². The molecule has 1 aliphatic rings. The number of carbonyl (C=O) groups excluding carboxylic acids is 1. The lowest BCUT2D eigenvalue weighted by atomic mass is 10.3. The SMILES string of the molecule is C1=CCCN=C1.CCC(=O)CC. The normalized spacial score (nSPS) is 13.5. The van der Waals surface area contributed by atoms with E-state index in [1.807, 2.05) is 26.1 Å². The molecular formula is C10H17NO. The zero-order chi connectivity index (χ0) is 9.23. The van der Waals surface area contributed by atoms with Crippen LogP contribution in [0.3, 0.4) is 0 Å². The maximum Gasteiger partial charge on any atom is 0.132 e. The molecule has 0 amide bonds. The predicted octanol–water partition coefficient (Wildman–Crippen LogP) is 2.39. The monoisotopic (exact) mass is 167 g/mol. The molecule has 0 N–H and O–H groups in total. The van der Waals surface area contributed by atoms with Gasteiger partial charge < -0.3 is 0 Å². The lowest BCUT2D eigenvalue weighted by Gasteiger charge is -1.88. The minimum atomic E-state index is 0.343. The summed E-state index contributed by atoms with van der Waals surface area (Å²) in [6.07, 6.45) is 8.43. The van der Waals surface area contributed by atoms with Crippen LogP contribution in [0.4, 0.5) is 0 Å². The zero-order valence-electron chi connectivity index (χ0n) is 7.92. The highest BCUT2D eigenvalue weighted by molar-refractivity contribution is 5.77. The molecule has 0 fully saturated rings. The molecule has 1 rings (SSSR count). The van der Waals surface area contributed by atoms with Crippen LogP contribution >= 0.6 is 0 Å². The van der Waals surface area contributed by atoms with Crippen LogP contribution in [0, 0.1) is 0 Å². The van der Waals surface area contributed by atoms with Crippen LogP contribution < -0.4 is 0 Å². The van der Waals surface area contributed by atoms with Gasteiger partial charge in [-0.15, -0.1) is 0 Å². The molecule has 0 aromatic heterocycles. The first-order chi connectivity index (χ1) is 5.81. The van der Waals surface area contributed by atoms with Gasteiger partial charge in [0.15, 0.2) is 0 Å². The van der Waals surface area contributed by atoms with Crippen molar-refractivity contribution in [3.8, 4) is 0 Å². The largest absolute Gasteiger partial charge is 0.300 e. The molecule has 0 spiro atoms. The van der Waals surface area contributed by atoms with Gasteiger partial charge in [0.1, 0.15) is 5.78 Å². The Labute approximate surface area is 74.4 Å². The fourth-order valence-corrected chi connectivity index (χ4v) is 0.692. The van der Waals surface area contributed by atoms with E-state index in [-0.39, 0.29) is 0 Å². The summed E-state index contributed by atoms with van der Waals surface area (Å²) in [5.74, 6) is 0.343. The minimum Gasteiger partial charge on any atom is -0.300 e. The molecule has 0 saturated carbocycles. The molecule has 2 nitrogen and oxygen atoms in total. The summed E-state index contributed by atoms with van der Waals surface area (Å²) in [6, 6.07) is 0.